The smallest absolute Gasteiger partial charge is 0.257 e. The summed E-state index contributed by atoms with van der Waals surface area (Å²) in [4.78, 5) is 28.7. The lowest BCUT2D eigenvalue weighted by molar-refractivity contribution is -0.136. The third-order valence-electron chi connectivity index (χ3n) is 5.31. The molecular weight excluding hydrogens is 344 g/mol. The van der Waals surface area contributed by atoms with Crippen molar-refractivity contribution in [1.29, 1.82) is 0 Å². The number of hydrogen-bond donors (Lipinski definition) is 0. The fourth-order valence-corrected chi connectivity index (χ4v) is 3.60. The van der Waals surface area contributed by atoms with Crippen molar-refractivity contribution in [1.82, 2.24) is 9.80 Å². The van der Waals surface area contributed by atoms with Crippen molar-refractivity contribution >= 4 is 11.8 Å². The molecule has 3 rings (SSSR count). The van der Waals surface area contributed by atoms with Gasteiger partial charge in [0.2, 0.25) is 5.91 Å². The fraction of sp³-hybridized carbons (Fsp3) is 0.619. The molecule has 27 heavy (non-hydrogen) atoms. The summed E-state index contributed by atoms with van der Waals surface area (Å²) in [6.45, 7) is 8.46. The molecule has 1 aromatic carbocycles. The van der Waals surface area contributed by atoms with Gasteiger partial charge >= 0.3 is 0 Å². The molecule has 2 aliphatic rings. The van der Waals surface area contributed by atoms with Crippen molar-refractivity contribution < 1.29 is 19.1 Å². The second-order valence-corrected chi connectivity index (χ2v) is 7.64. The molecule has 0 bridgehead atoms. The second kappa shape index (κ2) is 9.22. The predicted octanol–water partition coefficient (Wildman–Crippen LogP) is 2.43. The number of para-hydroxylation sites is 1. The van der Waals surface area contributed by atoms with Crippen molar-refractivity contribution in [3.8, 4) is 5.75 Å². The molecule has 0 saturated carbocycles. The molecule has 2 fully saturated rings. The zero-order valence-corrected chi connectivity index (χ0v) is 16.4. The number of likely N-dealkylation sites (tertiary alicyclic amines) is 1. The minimum absolute atomic E-state index is 0.00579. The Hall–Kier alpha value is -2.08. The number of benzene rings is 1. The maximum absolute atomic E-state index is 12.8. The first-order valence-electron chi connectivity index (χ1n) is 9.94. The lowest BCUT2D eigenvalue weighted by Gasteiger charge is -2.33. The first-order valence-corrected chi connectivity index (χ1v) is 9.94. The fourth-order valence-electron chi connectivity index (χ4n) is 3.60. The first kappa shape index (κ1) is 19.7. The van der Waals surface area contributed by atoms with Crippen molar-refractivity contribution in [2.24, 2.45) is 11.8 Å². The third-order valence-corrected chi connectivity index (χ3v) is 5.31. The summed E-state index contributed by atoms with van der Waals surface area (Å²) in [6, 6.07) is 7.47. The van der Waals surface area contributed by atoms with E-state index in [2.05, 4.69) is 0 Å². The molecule has 6 nitrogen and oxygen atoms in total. The molecule has 0 spiro atoms. The van der Waals surface area contributed by atoms with Crippen LogP contribution in [0.15, 0.2) is 24.3 Å². The molecule has 2 heterocycles. The largest absolute Gasteiger partial charge is 0.492 e. The van der Waals surface area contributed by atoms with Gasteiger partial charge in [-0.3, -0.25) is 9.59 Å². The summed E-state index contributed by atoms with van der Waals surface area (Å²) in [5, 5.41) is 0. The van der Waals surface area contributed by atoms with Gasteiger partial charge in [-0.2, -0.15) is 0 Å². The molecule has 0 N–H and O–H groups in total. The highest BCUT2D eigenvalue weighted by molar-refractivity contribution is 5.97. The van der Waals surface area contributed by atoms with E-state index in [4.69, 9.17) is 9.47 Å². The highest BCUT2D eigenvalue weighted by Crippen LogP contribution is 2.24. The van der Waals surface area contributed by atoms with Crippen LogP contribution >= 0.6 is 0 Å². The predicted molar refractivity (Wildman–Crippen MR) is 103 cm³/mol. The number of carbonyl (C=O) groups is 2. The number of rotatable bonds is 5. The standard InChI is InChI=1S/C21H30N2O4/c1-16(2)20(24)22-9-7-17(8-10-22)15-27-19-6-4-3-5-18(19)21(25)23-11-13-26-14-12-23/h3-6,16-17H,7-15H2,1-2H3. The number of ether oxygens (including phenoxy) is 2. The molecule has 148 valence electrons. The van der Waals surface area contributed by atoms with Gasteiger partial charge in [0.05, 0.1) is 25.4 Å². The Kier molecular flexibility index (Phi) is 6.72. The number of carbonyl (C=O) groups excluding carboxylic acids is 2. The van der Waals surface area contributed by atoms with E-state index >= 15 is 0 Å². The van der Waals surface area contributed by atoms with Gasteiger partial charge in [0.1, 0.15) is 5.75 Å². The summed E-state index contributed by atoms with van der Waals surface area (Å²) < 4.78 is 11.4. The van der Waals surface area contributed by atoms with E-state index in [0.29, 0.717) is 50.1 Å². The van der Waals surface area contributed by atoms with Gasteiger partial charge in [-0.05, 0) is 30.9 Å². The Balaban J connectivity index is 1.54. The van der Waals surface area contributed by atoms with Gasteiger partial charge in [0.15, 0.2) is 0 Å². The van der Waals surface area contributed by atoms with E-state index in [1.165, 1.54) is 0 Å². The lowest BCUT2D eigenvalue weighted by atomic mass is 9.97. The SMILES string of the molecule is CC(C)C(=O)N1CCC(COc2ccccc2C(=O)N2CCOCC2)CC1. The van der Waals surface area contributed by atoms with Crippen molar-refractivity contribution in [2.45, 2.75) is 26.7 Å². The maximum atomic E-state index is 12.8. The van der Waals surface area contributed by atoms with Crippen LogP contribution in [0.1, 0.15) is 37.0 Å². The van der Waals surface area contributed by atoms with Gasteiger partial charge in [-0.25, -0.2) is 0 Å². The molecular formula is C21H30N2O4. The Morgan fingerprint density at radius 3 is 2.41 bits per heavy atom. The number of nitrogens with zero attached hydrogens (tertiary/aromatic N) is 2. The third kappa shape index (κ3) is 5.01. The van der Waals surface area contributed by atoms with Crippen molar-refractivity contribution in [3.63, 3.8) is 0 Å². The van der Waals surface area contributed by atoms with Crippen LogP contribution in [-0.4, -0.2) is 67.6 Å². The normalized spacial score (nSPS) is 18.6. The van der Waals surface area contributed by atoms with Crippen molar-refractivity contribution in [2.75, 3.05) is 46.0 Å². The van der Waals surface area contributed by atoms with Crippen LogP contribution in [0, 0.1) is 11.8 Å². The van der Waals surface area contributed by atoms with E-state index in [1.54, 1.807) is 0 Å². The zero-order chi connectivity index (χ0) is 19.2. The number of hydrogen-bond acceptors (Lipinski definition) is 4. The molecule has 2 amide bonds. The van der Waals surface area contributed by atoms with E-state index in [9.17, 15) is 9.59 Å². The summed E-state index contributed by atoms with van der Waals surface area (Å²) in [6.07, 6.45) is 1.88. The Morgan fingerprint density at radius 2 is 1.74 bits per heavy atom. The number of piperidine rings is 1. The van der Waals surface area contributed by atoms with E-state index in [0.717, 1.165) is 25.9 Å². The Morgan fingerprint density at radius 1 is 1.07 bits per heavy atom. The molecule has 2 aliphatic heterocycles. The minimum atomic E-state index is 0.00579. The van der Waals surface area contributed by atoms with Gasteiger partial charge in [0.25, 0.3) is 5.91 Å². The quantitative estimate of drug-likeness (QED) is 0.794. The van der Waals surface area contributed by atoms with E-state index in [1.807, 2.05) is 47.9 Å². The molecule has 2 saturated heterocycles. The van der Waals surface area contributed by atoms with Crippen LogP contribution in [0.25, 0.3) is 0 Å². The monoisotopic (exact) mass is 374 g/mol. The van der Waals surface area contributed by atoms with Gasteiger partial charge < -0.3 is 19.3 Å². The molecule has 0 radical (unpaired) electrons. The Bertz CT molecular complexity index is 647. The van der Waals surface area contributed by atoms with E-state index < -0.39 is 0 Å². The average Bonchev–Trinajstić information content (AvgIpc) is 2.72. The first-order chi connectivity index (χ1) is 13.1. The van der Waals surface area contributed by atoms with Crippen LogP contribution < -0.4 is 4.74 Å². The average molecular weight is 374 g/mol. The summed E-state index contributed by atoms with van der Waals surface area (Å²) in [7, 11) is 0. The Labute approximate surface area is 161 Å². The molecule has 0 aliphatic carbocycles. The highest BCUT2D eigenvalue weighted by Gasteiger charge is 2.26. The van der Waals surface area contributed by atoms with Crippen LogP contribution in [0.4, 0.5) is 0 Å². The van der Waals surface area contributed by atoms with E-state index in [-0.39, 0.29) is 17.7 Å². The van der Waals surface area contributed by atoms with Gasteiger partial charge in [-0.1, -0.05) is 26.0 Å². The summed E-state index contributed by atoms with van der Waals surface area (Å²) >= 11 is 0. The van der Waals surface area contributed by atoms with Crippen molar-refractivity contribution in [3.05, 3.63) is 29.8 Å². The lowest BCUT2D eigenvalue weighted by Crippen LogP contribution is -2.42. The number of amides is 2. The van der Waals surface area contributed by atoms with Crippen LogP contribution in [0.3, 0.4) is 0 Å². The second-order valence-electron chi connectivity index (χ2n) is 7.64. The van der Waals surface area contributed by atoms with Crippen LogP contribution in [-0.2, 0) is 9.53 Å². The molecule has 0 atom stereocenters. The highest BCUT2D eigenvalue weighted by atomic mass is 16.5. The van der Waals surface area contributed by atoms with Crippen LogP contribution in [0.5, 0.6) is 5.75 Å². The van der Waals surface area contributed by atoms with Gasteiger partial charge in [-0.15, -0.1) is 0 Å². The zero-order valence-electron chi connectivity index (χ0n) is 16.4. The maximum Gasteiger partial charge on any atom is 0.257 e. The summed E-state index contributed by atoms with van der Waals surface area (Å²) in [5.41, 5.74) is 0.617. The van der Waals surface area contributed by atoms with Gasteiger partial charge in [0, 0.05) is 32.1 Å². The molecule has 0 aromatic heterocycles. The molecule has 1 aromatic rings. The topological polar surface area (TPSA) is 59.1 Å². The molecule has 6 heteroatoms. The van der Waals surface area contributed by atoms with Crippen LogP contribution in [0.2, 0.25) is 0 Å². The summed E-state index contributed by atoms with van der Waals surface area (Å²) in [5.74, 6) is 1.35. The minimum Gasteiger partial charge on any atom is -0.492 e. The molecule has 0 unspecified atom stereocenters. The number of morpholine rings is 1.